The van der Waals surface area contributed by atoms with E-state index in [2.05, 4.69) is 17.2 Å². The third-order valence-corrected chi connectivity index (χ3v) is 3.40. The second-order valence-electron chi connectivity index (χ2n) is 3.70. The van der Waals surface area contributed by atoms with E-state index in [1.165, 1.54) is 4.88 Å². The normalized spacial score (nSPS) is 10.9. The van der Waals surface area contributed by atoms with Gasteiger partial charge in [0, 0.05) is 17.6 Å². The third kappa shape index (κ3) is 2.51. The van der Waals surface area contributed by atoms with Crippen molar-refractivity contribution in [2.75, 3.05) is 6.54 Å². The van der Waals surface area contributed by atoms with E-state index in [1.54, 1.807) is 17.6 Å². The van der Waals surface area contributed by atoms with Gasteiger partial charge in [0.2, 0.25) is 0 Å². The standard InChI is InChI=1S/C12H16N2OS/c1-3-5-13-7-10-8-14-12(16-10)11-4-6-15-9(11)2/h4,6,8,13H,3,5,7H2,1-2H3. The zero-order valence-corrected chi connectivity index (χ0v) is 10.4. The molecule has 2 aromatic rings. The topological polar surface area (TPSA) is 38.1 Å². The zero-order chi connectivity index (χ0) is 11.4. The van der Waals surface area contributed by atoms with Crippen LogP contribution in [0.2, 0.25) is 0 Å². The lowest BCUT2D eigenvalue weighted by Crippen LogP contribution is -2.12. The zero-order valence-electron chi connectivity index (χ0n) is 9.62. The van der Waals surface area contributed by atoms with Gasteiger partial charge in [0.15, 0.2) is 0 Å². The Bertz CT molecular complexity index is 447. The molecule has 2 aromatic heterocycles. The first kappa shape index (κ1) is 11.4. The molecule has 2 rings (SSSR count). The average Bonchev–Trinajstić information content (AvgIpc) is 2.87. The van der Waals surface area contributed by atoms with Crippen molar-refractivity contribution < 1.29 is 4.42 Å². The van der Waals surface area contributed by atoms with Gasteiger partial charge in [0.05, 0.1) is 11.8 Å². The molecule has 0 aliphatic carbocycles. The number of aryl methyl sites for hydroxylation is 1. The van der Waals surface area contributed by atoms with E-state index in [-0.39, 0.29) is 0 Å². The number of thiazole rings is 1. The molecule has 0 aliphatic heterocycles. The van der Waals surface area contributed by atoms with Gasteiger partial charge in [-0.2, -0.15) is 0 Å². The molecule has 1 N–H and O–H groups in total. The van der Waals surface area contributed by atoms with Crippen molar-refractivity contribution in [2.45, 2.75) is 26.8 Å². The highest BCUT2D eigenvalue weighted by molar-refractivity contribution is 7.15. The Kier molecular flexibility index (Phi) is 3.74. The van der Waals surface area contributed by atoms with Crippen LogP contribution in [0.4, 0.5) is 0 Å². The van der Waals surface area contributed by atoms with Crippen LogP contribution >= 0.6 is 11.3 Å². The van der Waals surface area contributed by atoms with E-state index in [1.807, 2.05) is 19.2 Å². The number of hydrogen-bond donors (Lipinski definition) is 1. The summed E-state index contributed by atoms with van der Waals surface area (Å²) in [5.74, 6) is 0.933. The second-order valence-corrected chi connectivity index (χ2v) is 4.81. The first-order valence-electron chi connectivity index (χ1n) is 5.51. The highest BCUT2D eigenvalue weighted by atomic mass is 32.1. The van der Waals surface area contributed by atoms with E-state index in [4.69, 9.17) is 4.42 Å². The highest BCUT2D eigenvalue weighted by Crippen LogP contribution is 2.28. The Morgan fingerprint density at radius 3 is 3.06 bits per heavy atom. The summed E-state index contributed by atoms with van der Waals surface area (Å²) in [5, 5.41) is 4.41. The molecule has 0 aromatic carbocycles. The van der Waals surface area contributed by atoms with Gasteiger partial charge in [-0.1, -0.05) is 6.92 Å². The smallest absolute Gasteiger partial charge is 0.127 e. The van der Waals surface area contributed by atoms with Gasteiger partial charge in [-0.3, -0.25) is 0 Å². The number of nitrogens with zero attached hydrogens (tertiary/aromatic N) is 1. The molecule has 0 atom stereocenters. The predicted octanol–water partition coefficient (Wildman–Crippen LogP) is 3.21. The Balaban J connectivity index is 2.05. The molecule has 0 bridgehead atoms. The van der Waals surface area contributed by atoms with Gasteiger partial charge >= 0.3 is 0 Å². The fourth-order valence-electron chi connectivity index (χ4n) is 1.51. The van der Waals surface area contributed by atoms with Crippen LogP contribution in [0.1, 0.15) is 24.0 Å². The van der Waals surface area contributed by atoms with Crippen LogP contribution in [0.5, 0.6) is 0 Å². The molecule has 0 spiro atoms. The lowest BCUT2D eigenvalue weighted by Gasteiger charge is -1.97. The molecule has 0 saturated carbocycles. The molecule has 4 heteroatoms. The fraction of sp³-hybridized carbons (Fsp3) is 0.417. The number of nitrogens with one attached hydrogen (secondary N) is 1. The lowest BCUT2D eigenvalue weighted by molar-refractivity contribution is 0.535. The van der Waals surface area contributed by atoms with Gasteiger partial charge in [0.1, 0.15) is 10.8 Å². The van der Waals surface area contributed by atoms with E-state index in [0.717, 1.165) is 35.8 Å². The summed E-state index contributed by atoms with van der Waals surface area (Å²) in [5.41, 5.74) is 1.10. The number of furan rings is 1. The van der Waals surface area contributed by atoms with E-state index in [9.17, 15) is 0 Å². The van der Waals surface area contributed by atoms with Gasteiger partial charge in [0.25, 0.3) is 0 Å². The number of hydrogen-bond acceptors (Lipinski definition) is 4. The van der Waals surface area contributed by atoms with Crippen molar-refractivity contribution in [2.24, 2.45) is 0 Å². The summed E-state index contributed by atoms with van der Waals surface area (Å²) >= 11 is 1.72. The third-order valence-electron chi connectivity index (χ3n) is 2.37. The van der Waals surface area contributed by atoms with Crippen molar-refractivity contribution in [3.8, 4) is 10.6 Å². The van der Waals surface area contributed by atoms with Crippen LogP contribution in [0.25, 0.3) is 10.6 Å². The fourth-order valence-corrected chi connectivity index (χ4v) is 2.46. The maximum Gasteiger partial charge on any atom is 0.127 e. The largest absolute Gasteiger partial charge is 0.469 e. The molecular weight excluding hydrogens is 220 g/mol. The van der Waals surface area contributed by atoms with Crippen LogP contribution in [-0.4, -0.2) is 11.5 Å². The minimum absolute atomic E-state index is 0.905. The van der Waals surface area contributed by atoms with Gasteiger partial charge in [-0.15, -0.1) is 11.3 Å². The summed E-state index contributed by atoms with van der Waals surface area (Å²) in [6.07, 6.45) is 4.81. The highest BCUT2D eigenvalue weighted by Gasteiger charge is 2.08. The summed E-state index contributed by atoms with van der Waals surface area (Å²) in [6.45, 7) is 6.09. The van der Waals surface area contributed by atoms with Crippen molar-refractivity contribution in [3.05, 3.63) is 29.2 Å². The maximum atomic E-state index is 5.28. The van der Waals surface area contributed by atoms with E-state index < -0.39 is 0 Å². The Morgan fingerprint density at radius 1 is 1.50 bits per heavy atom. The summed E-state index contributed by atoms with van der Waals surface area (Å²) in [6, 6.07) is 1.97. The minimum Gasteiger partial charge on any atom is -0.469 e. The molecule has 16 heavy (non-hydrogen) atoms. The number of aromatic nitrogens is 1. The maximum absolute atomic E-state index is 5.28. The molecule has 0 amide bonds. The van der Waals surface area contributed by atoms with Crippen LogP contribution in [0.15, 0.2) is 22.9 Å². The number of rotatable bonds is 5. The van der Waals surface area contributed by atoms with E-state index in [0.29, 0.717) is 0 Å². The van der Waals surface area contributed by atoms with Crippen LogP contribution < -0.4 is 5.32 Å². The molecule has 0 fully saturated rings. The molecule has 0 aliphatic rings. The van der Waals surface area contributed by atoms with Crippen molar-refractivity contribution >= 4 is 11.3 Å². The Morgan fingerprint density at radius 2 is 2.38 bits per heavy atom. The van der Waals surface area contributed by atoms with Crippen molar-refractivity contribution in [3.63, 3.8) is 0 Å². The summed E-state index contributed by atoms with van der Waals surface area (Å²) in [7, 11) is 0. The predicted molar refractivity (Wildman–Crippen MR) is 66.6 cm³/mol. The Labute approximate surface area is 99.5 Å². The molecule has 0 saturated heterocycles. The van der Waals surface area contributed by atoms with Crippen molar-refractivity contribution in [1.82, 2.24) is 10.3 Å². The molecule has 0 unspecified atom stereocenters. The van der Waals surface area contributed by atoms with Crippen molar-refractivity contribution in [1.29, 1.82) is 0 Å². The molecule has 86 valence electrons. The lowest BCUT2D eigenvalue weighted by atomic mass is 10.3. The molecule has 0 radical (unpaired) electrons. The molecular formula is C12H16N2OS. The monoisotopic (exact) mass is 236 g/mol. The van der Waals surface area contributed by atoms with E-state index >= 15 is 0 Å². The second kappa shape index (κ2) is 5.27. The SMILES string of the molecule is CCCNCc1cnc(-c2ccoc2C)s1. The summed E-state index contributed by atoms with van der Waals surface area (Å²) < 4.78 is 5.28. The van der Waals surface area contributed by atoms with Gasteiger partial charge in [-0.25, -0.2) is 4.98 Å². The quantitative estimate of drug-likeness (QED) is 0.810. The average molecular weight is 236 g/mol. The first-order valence-corrected chi connectivity index (χ1v) is 6.32. The summed E-state index contributed by atoms with van der Waals surface area (Å²) in [4.78, 5) is 5.68. The van der Waals surface area contributed by atoms with Crippen LogP contribution in [0, 0.1) is 6.92 Å². The van der Waals surface area contributed by atoms with Gasteiger partial charge in [-0.05, 0) is 26.0 Å². The van der Waals surface area contributed by atoms with Crippen LogP contribution in [0.3, 0.4) is 0 Å². The van der Waals surface area contributed by atoms with Crippen LogP contribution in [-0.2, 0) is 6.54 Å². The Hall–Kier alpha value is -1.13. The first-order chi connectivity index (χ1) is 7.81. The minimum atomic E-state index is 0.905. The molecule has 2 heterocycles. The molecule has 3 nitrogen and oxygen atoms in total. The van der Waals surface area contributed by atoms with Gasteiger partial charge < -0.3 is 9.73 Å².